The van der Waals surface area contributed by atoms with Crippen molar-refractivity contribution in [2.75, 3.05) is 0 Å². The van der Waals surface area contributed by atoms with E-state index in [4.69, 9.17) is 0 Å². The first-order chi connectivity index (χ1) is 11.7. The molecular weight excluding hydrogens is 615 g/mol. The number of hydrogen-bond acceptors (Lipinski definition) is 0. The topological polar surface area (TPSA) is 0 Å². The molecule has 0 spiro atoms. The van der Waals surface area contributed by atoms with Gasteiger partial charge in [-0.15, -0.1) is 34.0 Å². The Hall–Kier alpha value is 0.270. The van der Waals surface area contributed by atoms with Crippen LogP contribution >= 0.6 is 34.0 Å². The van der Waals surface area contributed by atoms with E-state index in [1.807, 2.05) is 5.57 Å². The summed E-state index contributed by atoms with van der Waals surface area (Å²) in [5, 5.41) is 0. The molecule has 0 nitrogen and oxygen atoms in total. The van der Waals surface area contributed by atoms with Crippen molar-refractivity contribution in [1.29, 1.82) is 0 Å². The van der Waals surface area contributed by atoms with Gasteiger partial charge in [-0.25, -0.2) is 0 Å². The summed E-state index contributed by atoms with van der Waals surface area (Å²) in [4.78, 5) is 0. The van der Waals surface area contributed by atoms with Gasteiger partial charge in [0.1, 0.15) is 0 Å². The molecule has 1 aromatic carbocycles. The average molecular weight is 645 g/mol. The van der Waals surface area contributed by atoms with Crippen molar-refractivity contribution in [3.8, 4) is 0 Å². The monoisotopic (exact) mass is 644 g/mol. The Kier molecular flexibility index (Phi) is 7.96. The maximum absolute atomic E-state index is 2.68. The molecule has 0 heterocycles. The van der Waals surface area contributed by atoms with E-state index in [0.29, 0.717) is 6.34 Å². The normalized spacial score (nSPS) is 28.2. The zero-order valence-corrected chi connectivity index (χ0v) is 22.9. The van der Waals surface area contributed by atoms with Crippen molar-refractivity contribution >= 4 is 40.0 Å². The van der Waals surface area contributed by atoms with Gasteiger partial charge < -0.3 is 0 Å². The molecule has 140 valence electrons. The first-order valence-corrected chi connectivity index (χ1v) is 13.3. The molecule has 4 rings (SSSR count). The van der Waals surface area contributed by atoms with Crippen molar-refractivity contribution in [2.24, 2.45) is 0 Å². The standard InChI is InChI=1S/C13H19.C10H9.2BrH.Hf/c1-2-3-6-11-9-10-12-7-4-5-8-13(11)12;1-8-6-7-9-4-2-3-5-10(8)9;;;/h9-10H,2-8H2,1H3;2-7H,1H3;2*1H;. The third-order valence-corrected chi connectivity index (χ3v) is 13.8. The molecular formula is C23H30Br2Hf. The summed E-state index contributed by atoms with van der Waals surface area (Å²) >= 11 is -1.01. The Morgan fingerprint density at radius 1 is 1.00 bits per heavy atom. The van der Waals surface area contributed by atoms with E-state index in [1.165, 1.54) is 50.5 Å². The van der Waals surface area contributed by atoms with Gasteiger partial charge in [-0.3, -0.25) is 0 Å². The van der Waals surface area contributed by atoms with Crippen LogP contribution in [0.2, 0.25) is 3.17 Å². The van der Waals surface area contributed by atoms with Gasteiger partial charge in [-0.1, -0.05) is 0 Å². The fraction of sp³-hybridized carbons (Fsp3) is 0.478. The molecule has 2 atom stereocenters. The fourth-order valence-electron chi connectivity index (χ4n) is 4.87. The Labute approximate surface area is 191 Å². The van der Waals surface area contributed by atoms with E-state index in [0.717, 1.165) is 0 Å². The number of halogens is 2. The van der Waals surface area contributed by atoms with E-state index < -0.39 is 22.9 Å². The maximum atomic E-state index is 2.68. The van der Waals surface area contributed by atoms with E-state index >= 15 is 0 Å². The van der Waals surface area contributed by atoms with Crippen molar-refractivity contribution in [3.63, 3.8) is 0 Å². The van der Waals surface area contributed by atoms with E-state index in [-0.39, 0.29) is 34.0 Å². The number of unbranched alkanes of at least 4 members (excludes halogenated alkanes) is 1. The Morgan fingerprint density at radius 2 is 1.77 bits per heavy atom. The summed E-state index contributed by atoms with van der Waals surface area (Å²) in [6.07, 6.45) is 19.8. The Balaban J connectivity index is 0.00000121. The number of benzene rings is 1. The zero-order valence-electron chi connectivity index (χ0n) is 15.9. The molecule has 3 aliphatic rings. The molecule has 0 saturated carbocycles. The van der Waals surface area contributed by atoms with Crippen LogP contribution < -0.4 is 0 Å². The Bertz CT molecular complexity index is 733. The van der Waals surface area contributed by atoms with Gasteiger partial charge in [-0.2, -0.15) is 0 Å². The van der Waals surface area contributed by atoms with Gasteiger partial charge >= 0.3 is 159 Å². The third-order valence-electron chi connectivity index (χ3n) is 6.14. The van der Waals surface area contributed by atoms with Crippen LogP contribution in [-0.2, 0) is 26.1 Å². The minimum atomic E-state index is -1.01. The van der Waals surface area contributed by atoms with Crippen LogP contribution in [0.25, 0.3) is 6.08 Å². The quantitative estimate of drug-likeness (QED) is 0.286. The van der Waals surface area contributed by atoms with Crippen LogP contribution in [-0.4, -0.2) is 0 Å². The van der Waals surface area contributed by atoms with Crippen LogP contribution in [0.1, 0.15) is 69.9 Å². The fourth-order valence-corrected chi connectivity index (χ4v) is 13.3. The molecule has 0 radical (unpaired) electrons. The Morgan fingerprint density at radius 3 is 2.58 bits per heavy atom. The van der Waals surface area contributed by atoms with Gasteiger partial charge in [0.25, 0.3) is 0 Å². The molecule has 0 fully saturated rings. The second-order valence-corrected chi connectivity index (χ2v) is 15.7. The van der Waals surface area contributed by atoms with Crippen LogP contribution in [0.3, 0.4) is 0 Å². The van der Waals surface area contributed by atoms with E-state index in [2.05, 4.69) is 62.4 Å². The summed E-state index contributed by atoms with van der Waals surface area (Å²) in [5.41, 5.74) is 6.69. The van der Waals surface area contributed by atoms with Crippen molar-refractivity contribution in [3.05, 3.63) is 64.8 Å². The van der Waals surface area contributed by atoms with Gasteiger partial charge in [0.15, 0.2) is 0 Å². The van der Waals surface area contributed by atoms with Crippen LogP contribution in [0, 0.1) is 0 Å². The zero-order chi connectivity index (χ0) is 16.6. The summed E-state index contributed by atoms with van der Waals surface area (Å²) in [7, 11) is 0. The number of rotatable bonds is 5. The summed E-state index contributed by atoms with van der Waals surface area (Å²) in [6, 6.07) is 9.12. The summed E-state index contributed by atoms with van der Waals surface area (Å²) < 4.78 is 0.872. The van der Waals surface area contributed by atoms with Crippen LogP contribution in [0.5, 0.6) is 0 Å². The average Bonchev–Trinajstić information content (AvgIpc) is 3.13. The van der Waals surface area contributed by atoms with Crippen molar-refractivity contribution in [1.82, 2.24) is 0 Å². The second-order valence-electron chi connectivity index (χ2n) is 7.87. The molecule has 3 aliphatic carbocycles. The van der Waals surface area contributed by atoms with E-state index in [9.17, 15) is 0 Å². The van der Waals surface area contributed by atoms with Gasteiger partial charge in [0, 0.05) is 0 Å². The van der Waals surface area contributed by atoms with Crippen molar-refractivity contribution in [2.45, 2.75) is 65.1 Å². The predicted molar refractivity (Wildman–Crippen MR) is 120 cm³/mol. The van der Waals surface area contributed by atoms with Gasteiger partial charge in [0.2, 0.25) is 0 Å². The molecule has 3 heteroatoms. The third kappa shape index (κ3) is 4.01. The number of allylic oxidation sites excluding steroid dienone is 5. The molecule has 1 aromatic rings. The minimum absolute atomic E-state index is 0. The molecule has 0 aromatic heterocycles. The van der Waals surface area contributed by atoms with Gasteiger partial charge in [0.05, 0.1) is 0 Å². The summed E-state index contributed by atoms with van der Waals surface area (Å²) in [6.45, 7) is 4.89. The molecule has 0 amide bonds. The molecule has 2 unspecified atom stereocenters. The molecule has 26 heavy (non-hydrogen) atoms. The number of fused-ring (bicyclic) bond motifs is 1. The molecule has 0 N–H and O–H groups in total. The summed E-state index contributed by atoms with van der Waals surface area (Å²) in [5.74, 6) is 0. The molecule has 0 saturated heterocycles. The van der Waals surface area contributed by atoms with E-state index in [1.54, 1.807) is 11.1 Å². The second kappa shape index (κ2) is 9.18. The van der Waals surface area contributed by atoms with Crippen LogP contribution in [0.15, 0.2) is 53.6 Å². The molecule has 0 aliphatic heterocycles. The SMILES string of the molecule is Br.Br.CCCC[C]1([Hf][C]2(C)C=Cc3ccccc32)C=CC2=C1CCCC2. The number of hydrogen-bond donors (Lipinski definition) is 0. The first kappa shape index (κ1) is 22.6. The predicted octanol–water partition coefficient (Wildman–Crippen LogP) is 7.96. The van der Waals surface area contributed by atoms with Gasteiger partial charge in [-0.05, 0) is 0 Å². The van der Waals surface area contributed by atoms with Crippen molar-refractivity contribution < 1.29 is 22.9 Å². The first-order valence-electron chi connectivity index (χ1n) is 9.67. The van der Waals surface area contributed by atoms with Crippen LogP contribution in [0.4, 0.5) is 0 Å². The molecule has 0 bridgehead atoms.